The van der Waals surface area contributed by atoms with Crippen LogP contribution in [0.5, 0.6) is 0 Å². The van der Waals surface area contributed by atoms with E-state index in [1.807, 2.05) is 0 Å². The van der Waals surface area contributed by atoms with Gasteiger partial charge in [-0.05, 0) is 38.5 Å². The van der Waals surface area contributed by atoms with Gasteiger partial charge in [0, 0.05) is 0 Å². The number of carbonyl (C=O) groups excluding carboxylic acids is 1. The van der Waals surface area contributed by atoms with Crippen LogP contribution in [0.25, 0.3) is 0 Å². The van der Waals surface area contributed by atoms with Gasteiger partial charge < -0.3 is 120 Å². The second-order valence-electron chi connectivity index (χ2n) is 23.2. The molecule has 0 aromatic carbocycles. The van der Waals surface area contributed by atoms with Crippen LogP contribution in [0, 0.1) is 0 Å². The number of allylic oxidation sites excluding steroid dienone is 2. The lowest BCUT2D eigenvalue weighted by molar-refractivity contribution is -0.373. The molecular formula is C58H106N2O24. The molecule has 26 nitrogen and oxygen atoms in total. The molecule has 0 spiro atoms. The lowest BCUT2D eigenvalue weighted by Crippen LogP contribution is -2.67. The molecule has 4 rings (SSSR count). The highest BCUT2D eigenvalue weighted by atomic mass is 16.8. The lowest BCUT2D eigenvalue weighted by Gasteiger charge is -2.47. The largest absolute Gasteiger partial charge is 0.479 e. The summed E-state index contributed by atoms with van der Waals surface area (Å²) in [5, 5.41) is 153. The van der Waals surface area contributed by atoms with E-state index in [-0.39, 0.29) is 12.8 Å². The fourth-order valence-corrected chi connectivity index (χ4v) is 10.9. The predicted octanol–water partition coefficient (Wildman–Crippen LogP) is -0.111. The Hall–Kier alpha value is -2.20. The number of amides is 1. The number of aliphatic carboxylic acids is 1. The average molecular weight is 1220 g/mol. The summed E-state index contributed by atoms with van der Waals surface area (Å²) in [4.78, 5) is 26.2. The topological polar surface area (TPSA) is 429 Å². The Bertz CT molecular complexity index is 1800. The van der Waals surface area contributed by atoms with Crippen molar-refractivity contribution in [3.63, 3.8) is 0 Å². The van der Waals surface area contributed by atoms with Gasteiger partial charge >= 0.3 is 5.97 Å². The monoisotopic (exact) mass is 1210 g/mol. The van der Waals surface area contributed by atoms with Crippen molar-refractivity contribution in [3.8, 4) is 0 Å². The predicted molar refractivity (Wildman–Crippen MR) is 300 cm³/mol. The van der Waals surface area contributed by atoms with Crippen LogP contribution in [-0.2, 0) is 47.5 Å². The first-order chi connectivity index (χ1) is 40.3. The molecule has 0 aromatic heterocycles. The zero-order valence-electron chi connectivity index (χ0n) is 49.4. The van der Waals surface area contributed by atoms with E-state index in [0.29, 0.717) is 12.8 Å². The summed E-state index contributed by atoms with van der Waals surface area (Å²) in [5.74, 6) is -2.49. The number of aliphatic hydroxyl groups is 13. The van der Waals surface area contributed by atoms with Crippen molar-refractivity contribution in [2.24, 2.45) is 5.73 Å². The summed E-state index contributed by atoms with van der Waals surface area (Å²) in [6.07, 6.45) is -8.78. The number of hydrogen-bond donors (Lipinski definition) is 16. The first-order valence-corrected chi connectivity index (χ1v) is 31.1. The van der Waals surface area contributed by atoms with Crippen LogP contribution >= 0.6 is 0 Å². The summed E-state index contributed by atoms with van der Waals surface area (Å²) < 4.78 is 45.6. The number of carboxylic acids is 1. The van der Waals surface area contributed by atoms with Crippen LogP contribution in [-0.4, -0.2) is 251 Å². The molecule has 4 saturated heterocycles. The second kappa shape index (κ2) is 40.4. The molecule has 0 radical (unpaired) electrons. The van der Waals surface area contributed by atoms with Gasteiger partial charge in [0.25, 0.3) is 0 Å². The van der Waals surface area contributed by atoms with Crippen molar-refractivity contribution in [1.82, 2.24) is 5.32 Å². The molecule has 1 amide bonds. The molecule has 0 aromatic rings. The van der Waals surface area contributed by atoms with E-state index in [1.54, 1.807) is 0 Å². The lowest BCUT2D eigenvalue weighted by atomic mass is 9.95. The number of hydrogen-bond acceptors (Lipinski definition) is 24. The highest BCUT2D eigenvalue weighted by molar-refractivity contribution is 5.80. The van der Waals surface area contributed by atoms with Gasteiger partial charge in [-0.1, -0.05) is 148 Å². The molecule has 4 fully saturated rings. The summed E-state index contributed by atoms with van der Waals surface area (Å²) in [6, 6.07) is -2.84. The van der Waals surface area contributed by atoms with Gasteiger partial charge in [-0.15, -0.1) is 0 Å². The molecule has 4 aliphatic rings. The Labute approximate surface area is 494 Å². The number of unbranched alkanes of at least 4 members (excludes halogenated alkanes) is 20. The Balaban J connectivity index is 1.37. The van der Waals surface area contributed by atoms with Gasteiger partial charge in [-0.25, -0.2) is 4.79 Å². The number of carbonyl (C=O) groups is 2. The number of ether oxygens (including phenoxy) is 8. The second-order valence-corrected chi connectivity index (χ2v) is 23.2. The SMILES string of the molecule is CCCCCC/C=C\CCCCCCCCCC(O)C(CO[C@H]1O[C@H](C(=O)O)[C@@H](O[C@H]2O[C@H](CO[C@H]3O[C@H](CO)[C@H](O)[C@H](O)[C@H]3O[C@H]3O[C@H](CO)[C@@H](O)[C@H](O)[C@@H]3O)[C@@H](O)[C@H](O)[C@H]2N)[C@H](O)[C@H]1O)NC(=O)[C@@H](O)CCCCCCCCCCCC. The Morgan fingerprint density at radius 3 is 1.51 bits per heavy atom. The van der Waals surface area contributed by atoms with Crippen LogP contribution < -0.4 is 11.1 Å². The van der Waals surface area contributed by atoms with Gasteiger partial charge in [0.15, 0.2) is 31.3 Å². The quantitative estimate of drug-likeness (QED) is 0.0280. The Kier molecular flexibility index (Phi) is 35.8. The number of rotatable bonds is 42. The van der Waals surface area contributed by atoms with Crippen molar-refractivity contribution in [1.29, 1.82) is 0 Å². The van der Waals surface area contributed by atoms with Crippen molar-refractivity contribution in [2.45, 2.75) is 315 Å². The van der Waals surface area contributed by atoms with Gasteiger partial charge in [0.2, 0.25) is 5.91 Å². The maximum Gasteiger partial charge on any atom is 0.335 e. The van der Waals surface area contributed by atoms with E-state index in [9.17, 15) is 81.1 Å². The number of nitrogens with two attached hydrogens (primary N) is 1. The fraction of sp³-hybridized carbons (Fsp3) is 0.931. The Morgan fingerprint density at radius 2 is 0.952 bits per heavy atom. The molecule has 492 valence electrons. The molecule has 0 aliphatic carbocycles. The maximum atomic E-state index is 13.4. The summed E-state index contributed by atoms with van der Waals surface area (Å²) in [5.41, 5.74) is 6.19. The molecule has 26 heteroatoms. The number of aliphatic hydroxyl groups excluding tert-OH is 13. The number of carboxylic acid groups (broad SMARTS) is 1. The van der Waals surface area contributed by atoms with E-state index in [0.717, 1.165) is 77.0 Å². The third-order valence-corrected chi connectivity index (χ3v) is 16.3. The molecule has 2 unspecified atom stereocenters. The van der Waals surface area contributed by atoms with E-state index in [1.165, 1.54) is 57.8 Å². The zero-order valence-corrected chi connectivity index (χ0v) is 49.4. The first kappa shape index (κ1) is 74.3. The highest BCUT2D eigenvalue weighted by Crippen LogP contribution is 2.33. The first-order valence-electron chi connectivity index (χ1n) is 31.1. The van der Waals surface area contributed by atoms with Crippen molar-refractivity contribution in [3.05, 3.63) is 12.2 Å². The summed E-state index contributed by atoms with van der Waals surface area (Å²) in [6.45, 7) is 1.30. The molecule has 0 saturated carbocycles. The van der Waals surface area contributed by atoms with Crippen LogP contribution in [0.15, 0.2) is 12.2 Å². The minimum atomic E-state index is -2.14. The van der Waals surface area contributed by atoms with Gasteiger partial charge in [0.05, 0.1) is 44.6 Å². The molecule has 0 bridgehead atoms. The zero-order chi connectivity index (χ0) is 61.7. The third kappa shape index (κ3) is 23.6. The van der Waals surface area contributed by atoms with Crippen LogP contribution in [0.4, 0.5) is 0 Å². The van der Waals surface area contributed by atoms with Crippen LogP contribution in [0.3, 0.4) is 0 Å². The van der Waals surface area contributed by atoms with E-state index < -0.39 is 179 Å². The summed E-state index contributed by atoms with van der Waals surface area (Å²) >= 11 is 0. The number of nitrogens with one attached hydrogen (secondary N) is 1. The highest BCUT2D eigenvalue weighted by Gasteiger charge is 2.55. The van der Waals surface area contributed by atoms with Gasteiger partial charge in [-0.3, -0.25) is 4.79 Å². The minimum absolute atomic E-state index is 0.177. The smallest absolute Gasteiger partial charge is 0.335 e. The van der Waals surface area contributed by atoms with Crippen molar-refractivity contribution in [2.75, 3.05) is 26.4 Å². The van der Waals surface area contributed by atoms with E-state index in [4.69, 9.17) is 43.6 Å². The fourth-order valence-electron chi connectivity index (χ4n) is 10.9. The molecular weight excluding hydrogens is 1110 g/mol. The minimum Gasteiger partial charge on any atom is -0.479 e. The average Bonchev–Trinajstić information content (AvgIpc) is 3.38. The van der Waals surface area contributed by atoms with E-state index in [2.05, 4.69) is 31.3 Å². The van der Waals surface area contributed by atoms with Crippen LogP contribution in [0.2, 0.25) is 0 Å². The third-order valence-electron chi connectivity index (χ3n) is 16.3. The molecule has 84 heavy (non-hydrogen) atoms. The molecule has 4 heterocycles. The van der Waals surface area contributed by atoms with Crippen molar-refractivity contribution >= 4 is 11.9 Å². The normalized spacial score (nSPS) is 35.0. The van der Waals surface area contributed by atoms with Crippen molar-refractivity contribution < 1.29 is 119 Å². The van der Waals surface area contributed by atoms with Gasteiger partial charge in [0.1, 0.15) is 91.6 Å². The summed E-state index contributed by atoms with van der Waals surface area (Å²) in [7, 11) is 0. The van der Waals surface area contributed by atoms with Gasteiger partial charge in [-0.2, -0.15) is 0 Å². The van der Waals surface area contributed by atoms with Crippen LogP contribution in [0.1, 0.15) is 174 Å². The Morgan fingerprint density at radius 1 is 0.500 bits per heavy atom. The standard InChI is InChI=1S/C58H106N2O24/c1-3-5-7-9-11-13-15-16-17-18-19-21-22-24-26-28-35(63)34(60-53(74)36(64)29-27-25-23-20-14-12-10-8-6-4-2)32-77-56-49(73)47(71)50(52(84-56)54(75)76)82-55-40(59)44(68)43(67)39(81-55)33-78-58-51(46(70)42(66)38(31-62)80-58)83-57-48(72)45(69)41(65)37(30-61)79-57/h13,15,34-52,55-58,61-73H,3-12,14,16-33,59H2,1-2H3,(H,60,74)(H,75,76)/b15-13-/t34?,35?,36-,37+,38+,39+,40+,41+,42-,43+,44+,45-,46-,47+,48-,49+,50-,51+,52-,55+,56-,57+,58-/m0/s1. The van der Waals surface area contributed by atoms with E-state index >= 15 is 0 Å². The molecule has 23 atom stereocenters. The maximum absolute atomic E-state index is 13.4. The molecule has 17 N–H and O–H groups in total. The molecule has 4 aliphatic heterocycles.